The molecule has 0 saturated heterocycles. The van der Waals surface area contributed by atoms with Crippen LogP contribution in [0.3, 0.4) is 0 Å². The number of esters is 1. The van der Waals surface area contributed by atoms with Gasteiger partial charge in [0.05, 0.1) is 18.8 Å². The Bertz CT molecular complexity index is 989. The quantitative estimate of drug-likeness (QED) is 0.701. The zero-order valence-corrected chi connectivity index (χ0v) is 15.5. The molecular weight excluding hydrogens is 362 g/mol. The molecular formula is C21H18ClN3O2. The van der Waals surface area contributed by atoms with E-state index in [9.17, 15) is 4.79 Å². The number of carbonyl (C=O) groups is 1. The maximum absolute atomic E-state index is 12.3. The second kappa shape index (κ2) is 7.47. The highest BCUT2D eigenvalue weighted by Gasteiger charge is 2.28. The highest BCUT2D eigenvalue weighted by Crippen LogP contribution is 2.31. The van der Waals surface area contributed by atoms with E-state index in [2.05, 4.69) is 22.4 Å². The molecule has 4 rings (SSSR count). The van der Waals surface area contributed by atoms with Gasteiger partial charge in [-0.2, -0.15) is 0 Å². The molecule has 2 aromatic carbocycles. The molecule has 2 heterocycles. The van der Waals surface area contributed by atoms with Gasteiger partial charge < -0.3 is 10.1 Å². The number of halogens is 1. The average molecular weight is 380 g/mol. The lowest BCUT2D eigenvalue weighted by molar-refractivity contribution is 0.0597. The summed E-state index contributed by atoms with van der Waals surface area (Å²) in [5.74, 6) is 0.0942. The van der Waals surface area contributed by atoms with Gasteiger partial charge in [0, 0.05) is 23.3 Å². The summed E-state index contributed by atoms with van der Waals surface area (Å²) < 4.78 is 4.95. The summed E-state index contributed by atoms with van der Waals surface area (Å²) in [7, 11) is 1.36. The number of methoxy groups -OCH3 is 1. The molecule has 1 N–H and O–H groups in total. The molecule has 5 nitrogen and oxygen atoms in total. The lowest BCUT2D eigenvalue weighted by Gasteiger charge is -2.27. The number of carbonyl (C=O) groups excluding carboxylic acids is 1. The maximum Gasteiger partial charge on any atom is 0.341 e. The fourth-order valence-electron chi connectivity index (χ4n) is 3.37. The molecule has 1 aromatic heterocycles. The second-order valence-corrected chi connectivity index (χ2v) is 6.76. The standard InChI is InChI=1S/C21H18ClN3O2/c1-27-21(26)17-12-24-20(14-6-8-15(22)9-7-14)25-19(17)18-16-5-3-2-4-13(16)10-11-23-18/h2-9,12,18,23H,10-11H2,1H3. The summed E-state index contributed by atoms with van der Waals surface area (Å²) in [5, 5.41) is 4.13. The zero-order valence-electron chi connectivity index (χ0n) is 14.8. The third-order valence-electron chi connectivity index (χ3n) is 4.71. The van der Waals surface area contributed by atoms with E-state index in [-0.39, 0.29) is 6.04 Å². The van der Waals surface area contributed by atoms with E-state index >= 15 is 0 Å². The van der Waals surface area contributed by atoms with Gasteiger partial charge in [-0.1, -0.05) is 35.9 Å². The minimum atomic E-state index is -0.447. The lowest BCUT2D eigenvalue weighted by atomic mass is 9.91. The third-order valence-corrected chi connectivity index (χ3v) is 4.96. The first-order chi connectivity index (χ1) is 13.2. The van der Waals surface area contributed by atoms with Gasteiger partial charge >= 0.3 is 5.97 Å². The number of fused-ring (bicyclic) bond motifs is 1. The number of nitrogens with zero attached hydrogens (tertiary/aromatic N) is 2. The van der Waals surface area contributed by atoms with Crippen molar-refractivity contribution in [3.05, 3.63) is 82.1 Å². The van der Waals surface area contributed by atoms with Crippen molar-refractivity contribution in [3.8, 4) is 11.4 Å². The first kappa shape index (κ1) is 17.6. The predicted octanol–water partition coefficient (Wildman–Crippen LogP) is 3.82. The first-order valence-electron chi connectivity index (χ1n) is 8.70. The number of nitrogens with one attached hydrogen (secondary N) is 1. The van der Waals surface area contributed by atoms with E-state index in [4.69, 9.17) is 21.3 Å². The molecule has 1 aliphatic rings. The number of benzene rings is 2. The fourth-order valence-corrected chi connectivity index (χ4v) is 3.49. The van der Waals surface area contributed by atoms with Crippen molar-refractivity contribution < 1.29 is 9.53 Å². The molecule has 27 heavy (non-hydrogen) atoms. The van der Waals surface area contributed by atoms with E-state index in [0.29, 0.717) is 22.1 Å². The van der Waals surface area contributed by atoms with Crippen molar-refractivity contribution in [2.75, 3.05) is 13.7 Å². The Hall–Kier alpha value is -2.76. The van der Waals surface area contributed by atoms with Crippen LogP contribution in [0.4, 0.5) is 0 Å². The predicted molar refractivity (Wildman–Crippen MR) is 104 cm³/mol. The Morgan fingerprint density at radius 2 is 1.96 bits per heavy atom. The molecule has 1 atom stereocenters. The van der Waals surface area contributed by atoms with Gasteiger partial charge in [0.15, 0.2) is 5.82 Å². The van der Waals surface area contributed by atoms with Gasteiger partial charge in [0.25, 0.3) is 0 Å². The highest BCUT2D eigenvalue weighted by molar-refractivity contribution is 6.30. The highest BCUT2D eigenvalue weighted by atomic mass is 35.5. The number of hydrogen-bond donors (Lipinski definition) is 1. The van der Waals surface area contributed by atoms with Gasteiger partial charge in [0.2, 0.25) is 0 Å². The van der Waals surface area contributed by atoms with Crippen LogP contribution in [0, 0.1) is 0 Å². The van der Waals surface area contributed by atoms with Crippen LogP contribution in [0.2, 0.25) is 5.02 Å². The summed E-state index contributed by atoms with van der Waals surface area (Å²) in [5.41, 5.74) is 4.19. The summed E-state index contributed by atoms with van der Waals surface area (Å²) >= 11 is 5.98. The normalized spacial score (nSPS) is 15.9. The molecule has 6 heteroatoms. The Morgan fingerprint density at radius 3 is 2.74 bits per heavy atom. The summed E-state index contributed by atoms with van der Waals surface area (Å²) in [4.78, 5) is 21.5. The van der Waals surface area contributed by atoms with Crippen LogP contribution in [-0.2, 0) is 11.2 Å². The van der Waals surface area contributed by atoms with E-state index in [1.807, 2.05) is 24.3 Å². The molecule has 0 aliphatic carbocycles. The summed E-state index contributed by atoms with van der Waals surface area (Å²) in [6.45, 7) is 0.808. The van der Waals surface area contributed by atoms with Crippen molar-refractivity contribution in [2.24, 2.45) is 0 Å². The Balaban J connectivity index is 1.86. The molecule has 0 spiro atoms. The topological polar surface area (TPSA) is 64.1 Å². The second-order valence-electron chi connectivity index (χ2n) is 6.33. The van der Waals surface area contributed by atoms with Gasteiger partial charge in [-0.15, -0.1) is 0 Å². The SMILES string of the molecule is COC(=O)c1cnc(-c2ccc(Cl)cc2)nc1C1NCCc2ccccc21. The van der Waals surface area contributed by atoms with E-state index < -0.39 is 5.97 Å². The van der Waals surface area contributed by atoms with Crippen molar-refractivity contribution in [2.45, 2.75) is 12.5 Å². The summed E-state index contributed by atoms with van der Waals surface area (Å²) in [6.07, 6.45) is 2.48. The third kappa shape index (κ3) is 3.44. The van der Waals surface area contributed by atoms with Crippen LogP contribution < -0.4 is 5.32 Å². The van der Waals surface area contributed by atoms with Gasteiger partial charge in [-0.05, 0) is 41.8 Å². The van der Waals surface area contributed by atoms with Crippen LogP contribution in [0.15, 0.2) is 54.7 Å². The largest absolute Gasteiger partial charge is 0.465 e. The van der Waals surface area contributed by atoms with E-state index in [1.54, 1.807) is 12.1 Å². The lowest BCUT2D eigenvalue weighted by Crippen LogP contribution is -2.32. The van der Waals surface area contributed by atoms with Gasteiger partial charge in [0.1, 0.15) is 5.56 Å². The number of ether oxygens (including phenoxy) is 1. The molecule has 1 unspecified atom stereocenters. The van der Waals surface area contributed by atoms with Crippen molar-refractivity contribution in [1.82, 2.24) is 15.3 Å². The fraction of sp³-hybridized carbons (Fsp3) is 0.190. The molecule has 0 fully saturated rings. The molecule has 0 saturated carbocycles. The maximum atomic E-state index is 12.3. The van der Waals surface area contributed by atoms with Crippen molar-refractivity contribution >= 4 is 17.6 Å². The molecule has 0 bridgehead atoms. The molecule has 1 aliphatic heterocycles. The number of hydrogen-bond acceptors (Lipinski definition) is 5. The van der Waals surface area contributed by atoms with E-state index in [1.165, 1.54) is 18.9 Å². The average Bonchev–Trinajstić information content (AvgIpc) is 2.73. The first-order valence-corrected chi connectivity index (χ1v) is 9.07. The van der Waals surface area contributed by atoms with Crippen LogP contribution in [0.1, 0.15) is 33.2 Å². The molecule has 0 radical (unpaired) electrons. The summed E-state index contributed by atoms with van der Waals surface area (Å²) in [6, 6.07) is 15.3. The molecule has 3 aromatic rings. The van der Waals surface area contributed by atoms with Crippen LogP contribution >= 0.6 is 11.6 Å². The smallest absolute Gasteiger partial charge is 0.341 e. The van der Waals surface area contributed by atoms with Crippen LogP contribution in [-0.4, -0.2) is 29.6 Å². The Morgan fingerprint density at radius 1 is 1.19 bits per heavy atom. The van der Waals surface area contributed by atoms with Gasteiger partial charge in [-0.3, -0.25) is 0 Å². The Labute approximate surface area is 162 Å². The van der Waals surface area contributed by atoms with E-state index in [0.717, 1.165) is 24.1 Å². The Kier molecular flexibility index (Phi) is 4.88. The monoisotopic (exact) mass is 379 g/mol. The molecule has 0 amide bonds. The molecule has 136 valence electrons. The van der Waals surface area contributed by atoms with Crippen LogP contribution in [0.25, 0.3) is 11.4 Å². The number of aromatic nitrogens is 2. The minimum absolute atomic E-state index is 0.196. The van der Waals surface area contributed by atoms with Crippen molar-refractivity contribution in [1.29, 1.82) is 0 Å². The van der Waals surface area contributed by atoms with Crippen molar-refractivity contribution in [3.63, 3.8) is 0 Å². The van der Waals surface area contributed by atoms with Crippen LogP contribution in [0.5, 0.6) is 0 Å². The zero-order chi connectivity index (χ0) is 18.8. The number of rotatable bonds is 3. The van der Waals surface area contributed by atoms with Gasteiger partial charge in [-0.25, -0.2) is 14.8 Å². The minimum Gasteiger partial charge on any atom is -0.465 e.